The van der Waals surface area contributed by atoms with Crippen molar-refractivity contribution in [2.24, 2.45) is 0 Å². The number of aliphatic hydroxyl groups is 1. The van der Waals surface area contributed by atoms with Crippen LogP contribution in [0.4, 0.5) is 0 Å². The highest BCUT2D eigenvalue weighted by Gasteiger charge is 2.31. The molecule has 1 heterocycles. The number of ether oxygens (including phenoxy) is 1. The van der Waals surface area contributed by atoms with Crippen LogP contribution in [-0.2, 0) is 9.53 Å². The normalized spacial score (nSPS) is 18.2. The second-order valence-electron chi connectivity index (χ2n) is 5.89. The Hall–Kier alpha value is -0.650. The van der Waals surface area contributed by atoms with Gasteiger partial charge in [-0.15, -0.1) is 0 Å². The van der Waals surface area contributed by atoms with E-state index in [1.165, 1.54) is 0 Å². The third-order valence-electron chi connectivity index (χ3n) is 3.73. The molecule has 1 amide bonds. The minimum absolute atomic E-state index is 0.159. The summed E-state index contributed by atoms with van der Waals surface area (Å²) < 4.78 is 5.28. The molecule has 1 N–H and O–H groups in total. The molecule has 0 spiro atoms. The molecule has 1 aliphatic rings. The second-order valence-corrected chi connectivity index (χ2v) is 5.89. The second kappa shape index (κ2) is 8.60. The third-order valence-corrected chi connectivity index (χ3v) is 3.73. The van der Waals surface area contributed by atoms with E-state index in [0.717, 1.165) is 25.9 Å². The molecule has 5 nitrogen and oxygen atoms in total. The van der Waals surface area contributed by atoms with Crippen LogP contribution < -0.4 is 0 Å². The summed E-state index contributed by atoms with van der Waals surface area (Å²) in [6, 6.07) is 0. The van der Waals surface area contributed by atoms with Crippen molar-refractivity contribution in [1.82, 2.24) is 9.80 Å². The SMILES string of the molecule is CCCN(CCC)C(=O)CN(C)CC1(O)CCOCC1. The molecule has 118 valence electrons. The highest BCUT2D eigenvalue weighted by Crippen LogP contribution is 2.21. The van der Waals surface area contributed by atoms with E-state index in [9.17, 15) is 9.90 Å². The largest absolute Gasteiger partial charge is 0.388 e. The van der Waals surface area contributed by atoms with E-state index in [0.29, 0.717) is 39.1 Å². The minimum Gasteiger partial charge on any atom is -0.388 e. The summed E-state index contributed by atoms with van der Waals surface area (Å²) in [6.07, 6.45) is 3.27. The van der Waals surface area contributed by atoms with E-state index < -0.39 is 5.60 Å². The molecule has 0 radical (unpaired) electrons. The zero-order valence-corrected chi connectivity index (χ0v) is 13.2. The minimum atomic E-state index is -0.701. The zero-order valence-electron chi connectivity index (χ0n) is 13.2. The average molecular weight is 286 g/mol. The van der Waals surface area contributed by atoms with Crippen molar-refractivity contribution >= 4 is 5.91 Å². The number of likely N-dealkylation sites (N-methyl/N-ethyl adjacent to an activating group) is 1. The maximum Gasteiger partial charge on any atom is 0.236 e. The number of carbonyl (C=O) groups excluding carboxylic acids is 1. The highest BCUT2D eigenvalue weighted by atomic mass is 16.5. The first-order valence-corrected chi connectivity index (χ1v) is 7.77. The van der Waals surface area contributed by atoms with Crippen LogP contribution in [0.5, 0.6) is 0 Å². The lowest BCUT2D eigenvalue weighted by atomic mass is 9.94. The van der Waals surface area contributed by atoms with Gasteiger partial charge in [0.15, 0.2) is 0 Å². The Morgan fingerprint density at radius 2 is 1.75 bits per heavy atom. The van der Waals surface area contributed by atoms with Crippen molar-refractivity contribution in [1.29, 1.82) is 0 Å². The predicted octanol–water partition coefficient (Wildman–Crippen LogP) is 1.11. The van der Waals surface area contributed by atoms with Gasteiger partial charge < -0.3 is 14.7 Å². The van der Waals surface area contributed by atoms with Crippen LogP contribution in [0.3, 0.4) is 0 Å². The predicted molar refractivity (Wildman–Crippen MR) is 79.7 cm³/mol. The molecule has 1 rings (SSSR count). The van der Waals surface area contributed by atoms with Crippen molar-refractivity contribution in [2.75, 3.05) is 46.4 Å². The molecule has 1 fully saturated rings. The summed E-state index contributed by atoms with van der Waals surface area (Å²) in [7, 11) is 1.90. The van der Waals surface area contributed by atoms with Crippen LogP contribution >= 0.6 is 0 Å². The van der Waals surface area contributed by atoms with Crippen LogP contribution in [0, 0.1) is 0 Å². The molecular formula is C15H30N2O3. The average Bonchev–Trinajstić information content (AvgIpc) is 2.38. The summed E-state index contributed by atoms with van der Waals surface area (Å²) in [4.78, 5) is 16.1. The van der Waals surface area contributed by atoms with Crippen LogP contribution in [-0.4, -0.2) is 72.9 Å². The zero-order chi connectivity index (χ0) is 15.0. The molecule has 1 aliphatic heterocycles. The fraction of sp³-hybridized carbons (Fsp3) is 0.933. The smallest absolute Gasteiger partial charge is 0.236 e. The number of hydrogen-bond donors (Lipinski definition) is 1. The topological polar surface area (TPSA) is 53.0 Å². The van der Waals surface area contributed by atoms with Gasteiger partial charge in [-0.05, 0) is 19.9 Å². The Morgan fingerprint density at radius 1 is 1.20 bits per heavy atom. The van der Waals surface area contributed by atoms with Crippen molar-refractivity contribution in [3.8, 4) is 0 Å². The van der Waals surface area contributed by atoms with Gasteiger partial charge in [0.1, 0.15) is 0 Å². The first kappa shape index (κ1) is 17.4. The van der Waals surface area contributed by atoms with Gasteiger partial charge in [-0.3, -0.25) is 9.69 Å². The highest BCUT2D eigenvalue weighted by molar-refractivity contribution is 5.78. The molecule has 1 saturated heterocycles. The Balaban J connectivity index is 2.43. The number of amides is 1. The van der Waals surface area contributed by atoms with Gasteiger partial charge in [-0.2, -0.15) is 0 Å². The lowest BCUT2D eigenvalue weighted by Gasteiger charge is -2.35. The first-order chi connectivity index (χ1) is 9.50. The lowest BCUT2D eigenvalue weighted by molar-refractivity contribution is -0.133. The Morgan fingerprint density at radius 3 is 2.25 bits per heavy atom. The molecule has 20 heavy (non-hydrogen) atoms. The fourth-order valence-electron chi connectivity index (χ4n) is 2.70. The maximum atomic E-state index is 12.3. The van der Waals surface area contributed by atoms with E-state index in [1.54, 1.807) is 0 Å². The summed E-state index contributed by atoms with van der Waals surface area (Å²) in [6.45, 7) is 7.94. The van der Waals surface area contributed by atoms with Gasteiger partial charge >= 0.3 is 0 Å². The molecule has 0 bridgehead atoms. The van der Waals surface area contributed by atoms with E-state index in [4.69, 9.17) is 4.74 Å². The van der Waals surface area contributed by atoms with Gasteiger partial charge in [0, 0.05) is 45.7 Å². The fourth-order valence-corrected chi connectivity index (χ4v) is 2.70. The molecule has 0 aromatic carbocycles. The molecule has 0 aromatic rings. The molecule has 0 aromatic heterocycles. The maximum absolute atomic E-state index is 12.3. The number of carbonyl (C=O) groups is 1. The van der Waals surface area contributed by atoms with Crippen molar-refractivity contribution < 1.29 is 14.6 Å². The van der Waals surface area contributed by atoms with E-state index in [2.05, 4.69) is 13.8 Å². The summed E-state index contributed by atoms with van der Waals surface area (Å²) in [5.74, 6) is 0.159. The van der Waals surface area contributed by atoms with Crippen LogP contribution in [0.25, 0.3) is 0 Å². The molecule has 0 saturated carbocycles. The van der Waals surface area contributed by atoms with Crippen LogP contribution in [0.2, 0.25) is 0 Å². The van der Waals surface area contributed by atoms with E-state index in [1.807, 2.05) is 16.8 Å². The third kappa shape index (κ3) is 5.77. The Bertz CT molecular complexity index is 285. The molecule has 0 atom stereocenters. The Labute approximate surface area is 122 Å². The van der Waals surface area contributed by atoms with Crippen LogP contribution in [0.1, 0.15) is 39.5 Å². The van der Waals surface area contributed by atoms with Gasteiger partial charge in [0.2, 0.25) is 5.91 Å². The van der Waals surface area contributed by atoms with Gasteiger partial charge in [-0.1, -0.05) is 13.8 Å². The van der Waals surface area contributed by atoms with Crippen molar-refractivity contribution in [2.45, 2.75) is 45.1 Å². The monoisotopic (exact) mass is 286 g/mol. The summed E-state index contributed by atoms with van der Waals surface area (Å²) in [5.41, 5.74) is -0.701. The summed E-state index contributed by atoms with van der Waals surface area (Å²) in [5, 5.41) is 10.5. The quantitative estimate of drug-likeness (QED) is 0.726. The first-order valence-electron chi connectivity index (χ1n) is 7.77. The van der Waals surface area contributed by atoms with Crippen LogP contribution in [0.15, 0.2) is 0 Å². The molecule has 0 unspecified atom stereocenters. The van der Waals surface area contributed by atoms with Gasteiger partial charge in [0.05, 0.1) is 12.1 Å². The van der Waals surface area contributed by atoms with Crippen molar-refractivity contribution in [3.05, 3.63) is 0 Å². The number of rotatable bonds is 8. The van der Waals surface area contributed by atoms with Gasteiger partial charge in [-0.25, -0.2) is 0 Å². The van der Waals surface area contributed by atoms with E-state index >= 15 is 0 Å². The molecule has 0 aliphatic carbocycles. The number of nitrogens with zero attached hydrogens (tertiary/aromatic N) is 2. The Kier molecular flexibility index (Phi) is 7.48. The van der Waals surface area contributed by atoms with Crippen molar-refractivity contribution in [3.63, 3.8) is 0 Å². The molecule has 5 heteroatoms. The lowest BCUT2D eigenvalue weighted by Crippen LogP contribution is -2.48. The standard InChI is InChI=1S/C15H30N2O3/c1-4-8-17(9-5-2)14(18)12-16(3)13-15(19)6-10-20-11-7-15/h19H,4-13H2,1-3H3. The number of hydrogen-bond acceptors (Lipinski definition) is 4. The molecular weight excluding hydrogens is 256 g/mol. The van der Waals surface area contributed by atoms with E-state index in [-0.39, 0.29) is 5.91 Å². The summed E-state index contributed by atoms with van der Waals surface area (Å²) >= 11 is 0. The van der Waals surface area contributed by atoms with Gasteiger partial charge in [0.25, 0.3) is 0 Å².